The Morgan fingerprint density at radius 3 is 2.04 bits per heavy atom. The third-order valence-electron chi connectivity index (χ3n) is 12.4. The van der Waals surface area contributed by atoms with Crippen molar-refractivity contribution in [2.75, 3.05) is 9.71 Å². The smallest absolute Gasteiger partial charge is 0.329 e. The molecule has 0 aliphatic carbocycles. The summed E-state index contributed by atoms with van der Waals surface area (Å²) in [6, 6.07) is 63.8. The Kier molecular flexibility index (Phi) is 5.79. The van der Waals surface area contributed by atoms with Crippen LogP contribution in [-0.4, -0.2) is 6.85 Å². The lowest BCUT2D eigenvalue weighted by molar-refractivity contribution is 0.224. The number of furan rings is 1. The number of hydrogen-bond donors (Lipinski definition) is 0. The summed E-state index contributed by atoms with van der Waals surface area (Å²) in [5.41, 5.74) is 18.8. The summed E-state index contributed by atoms with van der Waals surface area (Å²) >= 11 is 0. The largest absolute Gasteiger partial charge is 0.483 e. The van der Waals surface area contributed by atoms with Crippen molar-refractivity contribution in [3.8, 4) is 39.1 Å². The molecule has 5 heterocycles. The maximum Gasteiger partial charge on any atom is 0.329 e. The van der Waals surface area contributed by atoms with Gasteiger partial charge < -0.3 is 18.9 Å². The van der Waals surface area contributed by atoms with Crippen LogP contribution in [-0.2, 0) is 0 Å². The van der Waals surface area contributed by atoms with Crippen LogP contribution in [0.5, 0.6) is 5.75 Å². The van der Waals surface area contributed by atoms with Gasteiger partial charge in [-0.15, -0.1) is 0 Å². The average molecular weight is 703 g/mol. The molecule has 0 amide bonds. The maximum absolute atomic E-state index is 7.00. The van der Waals surface area contributed by atoms with Crippen LogP contribution in [0.3, 0.4) is 0 Å². The van der Waals surface area contributed by atoms with Crippen molar-refractivity contribution in [2.24, 2.45) is 0 Å². The van der Waals surface area contributed by atoms with E-state index in [2.05, 4.69) is 186 Å². The van der Waals surface area contributed by atoms with E-state index in [-0.39, 0.29) is 19.0 Å². The lowest BCUT2D eigenvalue weighted by Gasteiger charge is -2.45. The number of benzene rings is 8. The zero-order valence-corrected chi connectivity index (χ0v) is 29.7. The van der Waals surface area contributed by atoms with Crippen LogP contribution in [0.25, 0.3) is 55.3 Å². The lowest BCUT2D eigenvalue weighted by Crippen LogP contribution is -2.63. The van der Waals surface area contributed by atoms with E-state index in [0.29, 0.717) is 0 Å². The summed E-state index contributed by atoms with van der Waals surface area (Å²) in [6.07, 6.45) is -0.0988. The molecular formula is C50H31BN2O2. The topological polar surface area (TPSA) is 28.9 Å². The van der Waals surface area contributed by atoms with Gasteiger partial charge in [-0.1, -0.05) is 140 Å². The molecular weight excluding hydrogens is 671 g/mol. The minimum atomic E-state index is -0.0988. The van der Waals surface area contributed by atoms with Crippen molar-refractivity contribution in [1.82, 2.24) is 0 Å². The molecule has 4 nitrogen and oxygen atoms in total. The molecule has 0 N–H and O–H groups in total. The van der Waals surface area contributed by atoms with Gasteiger partial charge >= 0.3 is 6.85 Å². The van der Waals surface area contributed by atoms with E-state index >= 15 is 0 Å². The van der Waals surface area contributed by atoms with E-state index < -0.39 is 0 Å². The van der Waals surface area contributed by atoms with Crippen molar-refractivity contribution in [3.05, 3.63) is 187 Å². The fraction of sp³-hybridized carbons (Fsp3) is 0.0400. The van der Waals surface area contributed by atoms with Crippen LogP contribution in [0.15, 0.2) is 180 Å². The fourth-order valence-corrected chi connectivity index (χ4v) is 10.1. The first kappa shape index (κ1) is 29.5. The average Bonchev–Trinajstić information content (AvgIpc) is 3.92. The molecule has 4 aliphatic heterocycles. The van der Waals surface area contributed by atoms with Gasteiger partial charge in [0, 0.05) is 44.5 Å². The molecule has 0 radical (unpaired) electrons. The Bertz CT molecular complexity index is 3050. The Labute approximate surface area is 318 Å². The normalized spacial score (nSPS) is 16.8. The predicted molar refractivity (Wildman–Crippen MR) is 225 cm³/mol. The van der Waals surface area contributed by atoms with Crippen LogP contribution in [0.1, 0.15) is 23.3 Å². The van der Waals surface area contributed by atoms with E-state index in [1.807, 2.05) is 0 Å². The number of ether oxygens (including phenoxy) is 1. The molecule has 2 unspecified atom stereocenters. The van der Waals surface area contributed by atoms with Gasteiger partial charge in [0.05, 0.1) is 11.7 Å². The van der Waals surface area contributed by atoms with Gasteiger partial charge in [0.1, 0.15) is 17.4 Å². The number of fused-ring (bicyclic) bond motifs is 13. The van der Waals surface area contributed by atoms with Crippen molar-refractivity contribution < 1.29 is 9.15 Å². The summed E-state index contributed by atoms with van der Waals surface area (Å²) in [4.78, 5) is 5.17. The van der Waals surface area contributed by atoms with Gasteiger partial charge in [0.25, 0.3) is 0 Å². The van der Waals surface area contributed by atoms with Gasteiger partial charge in [-0.2, -0.15) is 0 Å². The Morgan fingerprint density at radius 1 is 0.509 bits per heavy atom. The lowest BCUT2D eigenvalue weighted by atomic mass is 9.43. The highest BCUT2D eigenvalue weighted by Gasteiger charge is 2.56. The molecule has 1 aromatic heterocycles. The summed E-state index contributed by atoms with van der Waals surface area (Å²) in [5, 5.41) is 2.26. The third kappa shape index (κ3) is 3.92. The monoisotopic (exact) mass is 702 g/mol. The molecule has 0 saturated heterocycles. The van der Waals surface area contributed by atoms with E-state index in [1.54, 1.807) is 0 Å². The van der Waals surface area contributed by atoms with E-state index in [1.165, 1.54) is 61.1 Å². The summed E-state index contributed by atoms with van der Waals surface area (Å²) in [6.45, 7) is -0.0977. The third-order valence-corrected chi connectivity index (χ3v) is 12.4. The quantitative estimate of drug-likeness (QED) is 0.171. The molecule has 2 atom stereocenters. The second-order valence-corrected chi connectivity index (χ2v) is 15.1. The molecule has 0 bridgehead atoms. The van der Waals surface area contributed by atoms with Gasteiger partial charge in [0.2, 0.25) is 0 Å². The van der Waals surface area contributed by atoms with Crippen LogP contribution in [0.2, 0.25) is 0 Å². The summed E-state index contributed by atoms with van der Waals surface area (Å²) in [7, 11) is 0. The van der Waals surface area contributed by atoms with Crippen molar-refractivity contribution in [3.63, 3.8) is 0 Å². The maximum atomic E-state index is 7.00. The first-order valence-corrected chi connectivity index (χ1v) is 19.1. The van der Waals surface area contributed by atoms with Gasteiger partial charge in [-0.3, -0.25) is 0 Å². The van der Waals surface area contributed by atoms with Crippen LogP contribution in [0, 0.1) is 0 Å². The van der Waals surface area contributed by atoms with E-state index in [4.69, 9.17) is 9.15 Å². The van der Waals surface area contributed by atoms with Crippen molar-refractivity contribution >= 4 is 62.5 Å². The van der Waals surface area contributed by atoms with Gasteiger partial charge in [-0.05, 0) is 75.1 Å². The molecule has 8 aromatic carbocycles. The minimum absolute atomic E-state index is 0.0228. The zero-order chi connectivity index (χ0) is 35.8. The standard InChI is InChI=1S/C50H31BN2O2/c1-3-12-30(13-4-1)32-22-25-34(26-23-32)52-42-27-24-33(31-14-5-2-6-15-31)28-41(42)51-45-39(29-40-35-16-7-9-20-43(35)54-50(40)48(45)52)36-18-11-19-38-46(36)53(51)47-37-17-8-10-21-44(37)55-49(38)47/h1-29,47,49H. The highest BCUT2D eigenvalue weighted by molar-refractivity contribution is 6.93. The first-order valence-electron chi connectivity index (χ1n) is 19.1. The second kappa shape index (κ2) is 10.8. The number of nitrogens with zero attached hydrogens (tertiary/aromatic N) is 2. The predicted octanol–water partition coefficient (Wildman–Crippen LogP) is 11.5. The molecule has 4 aliphatic rings. The zero-order valence-electron chi connectivity index (χ0n) is 29.7. The van der Waals surface area contributed by atoms with E-state index in [9.17, 15) is 0 Å². The molecule has 5 heteroatoms. The van der Waals surface area contributed by atoms with Gasteiger partial charge in [0.15, 0.2) is 5.58 Å². The minimum Gasteiger partial charge on any atom is -0.483 e. The molecule has 0 saturated carbocycles. The molecule has 55 heavy (non-hydrogen) atoms. The summed E-state index contributed by atoms with van der Waals surface area (Å²) in [5.74, 6) is 0.974. The molecule has 0 spiro atoms. The molecule has 256 valence electrons. The molecule has 0 fully saturated rings. The number of rotatable bonds is 3. The highest BCUT2D eigenvalue weighted by Crippen LogP contribution is 2.61. The van der Waals surface area contributed by atoms with Crippen LogP contribution < -0.4 is 25.4 Å². The Morgan fingerprint density at radius 2 is 1.20 bits per heavy atom. The number of hydrogen-bond acceptors (Lipinski definition) is 4. The molecule has 9 aromatic rings. The Balaban J connectivity index is 1.15. The SMILES string of the molecule is c1ccc(-c2ccc(N3c4ccc(-c5ccccc5)cc4B4c5c(cc6c(oc7ccccc76)c53)-c3cccc5c3N4C3c4ccccc4OC53)cc2)cc1. The summed E-state index contributed by atoms with van der Waals surface area (Å²) < 4.78 is 13.9. The number of anilines is 4. The Hall–Kier alpha value is -6.98. The van der Waals surface area contributed by atoms with Crippen LogP contribution in [0.4, 0.5) is 22.7 Å². The van der Waals surface area contributed by atoms with Gasteiger partial charge in [-0.25, -0.2) is 0 Å². The highest BCUT2D eigenvalue weighted by atomic mass is 16.5. The molecule has 13 rings (SSSR count). The van der Waals surface area contributed by atoms with Crippen molar-refractivity contribution in [1.29, 1.82) is 0 Å². The fourth-order valence-electron chi connectivity index (χ4n) is 10.1. The van der Waals surface area contributed by atoms with Crippen molar-refractivity contribution in [2.45, 2.75) is 12.1 Å². The second-order valence-electron chi connectivity index (χ2n) is 15.1. The van der Waals surface area contributed by atoms with Crippen LogP contribution >= 0.6 is 0 Å². The van der Waals surface area contributed by atoms with E-state index in [0.717, 1.165) is 44.8 Å². The first-order chi connectivity index (χ1) is 27.3. The number of para-hydroxylation sites is 3.